The van der Waals surface area contributed by atoms with Gasteiger partial charge in [0.25, 0.3) is 0 Å². The van der Waals surface area contributed by atoms with E-state index in [-0.39, 0.29) is 6.10 Å². The van der Waals surface area contributed by atoms with Crippen LogP contribution in [0.4, 0.5) is 0 Å². The Morgan fingerprint density at radius 1 is 1.10 bits per heavy atom. The van der Waals surface area contributed by atoms with Crippen LogP contribution in [0.15, 0.2) is 0 Å². The molecule has 2 aliphatic rings. The molecule has 0 aromatic heterocycles. The average Bonchev–Trinajstić information content (AvgIpc) is 2.71. The van der Waals surface area contributed by atoms with E-state index in [1.807, 2.05) is 0 Å². The molecule has 1 aliphatic carbocycles. The number of rotatable bonds is 1. The van der Waals surface area contributed by atoms with Gasteiger partial charge < -0.3 is 9.84 Å². The van der Waals surface area contributed by atoms with Gasteiger partial charge >= 0.3 is 0 Å². The van der Waals surface area contributed by atoms with Crippen molar-refractivity contribution in [1.82, 2.24) is 0 Å². The molecule has 1 saturated carbocycles. The van der Waals surface area contributed by atoms with Crippen LogP contribution in [0, 0.1) is 5.92 Å². The fourth-order valence-electron chi connectivity index (χ4n) is 1.80. The quantitative estimate of drug-likeness (QED) is 0.552. The van der Waals surface area contributed by atoms with E-state index in [4.69, 9.17) is 4.74 Å². The van der Waals surface area contributed by atoms with Crippen LogP contribution in [0.1, 0.15) is 25.7 Å². The van der Waals surface area contributed by atoms with Crippen LogP contribution in [0.2, 0.25) is 0 Å². The average molecular weight is 142 g/mol. The van der Waals surface area contributed by atoms with Crippen molar-refractivity contribution in [2.45, 2.75) is 37.9 Å². The highest BCUT2D eigenvalue weighted by atomic mass is 16.6. The van der Waals surface area contributed by atoms with Gasteiger partial charge in [0.2, 0.25) is 0 Å². The third-order valence-electron chi connectivity index (χ3n) is 2.63. The minimum Gasteiger partial charge on any atom is -0.393 e. The zero-order valence-corrected chi connectivity index (χ0v) is 6.12. The fourth-order valence-corrected chi connectivity index (χ4v) is 1.80. The Kier molecular flexibility index (Phi) is 1.66. The van der Waals surface area contributed by atoms with Crippen molar-refractivity contribution in [3.63, 3.8) is 0 Å². The van der Waals surface area contributed by atoms with E-state index in [1.165, 1.54) is 12.8 Å². The first kappa shape index (κ1) is 6.62. The Morgan fingerprint density at radius 3 is 2.20 bits per heavy atom. The molecule has 1 atom stereocenters. The van der Waals surface area contributed by atoms with Crippen LogP contribution in [0.25, 0.3) is 0 Å². The summed E-state index contributed by atoms with van der Waals surface area (Å²) in [6.07, 6.45) is 4.87. The van der Waals surface area contributed by atoms with E-state index in [2.05, 4.69) is 0 Å². The molecule has 2 nitrogen and oxygen atoms in total. The summed E-state index contributed by atoms with van der Waals surface area (Å²) in [6.45, 7) is 0.973. The Bertz CT molecular complexity index is 112. The zero-order valence-electron chi connectivity index (χ0n) is 6.12. The number of hydrogen-bond donors (Lipinski definition) is 1. The van der Waals surface area contributed by atoms with Crippen molar-refractivity contribution < 1.29 is 9.84 Å². The highest BCUT2D eigenvalue weighted by Gasteiger charge is 2.34. The predicted octanol–water partition coefficient (Wildman–Crippen LogP) is 0.936. The molecule has 10 heavy (non-hydrogen) atoms. The lowest BCUT2D eigenvalue weighted by Crippen LogP contribution is -2.21. The molecule has 1 N–H and O–H groups in total. The van der Waals surface area contributed by atoms with Gasteiger partial charge in [0.05, 0.1) is 18.8 Å². The minimum absolute atomic E-state index is 0.0185. The number of aliphatic hydroxyl groups is 1. The molecule has 1 heterocycles. The summed E-state index contributed by atoms with van der Waals surface area (Å²) in [5, 5.41) is 9.19. The summed E-state index contributed by atoms with van der Waals surface area (Å²) >= 11 is 0. The lowest BCUT2D eigenvalue weighted by molar-refractivity contribution is 0.1000. The second kappa shape index (κ2) is 2.51. The van der Waals surface area contributed by atoms with Crippen LogP contribution >= 0.6 is 0 Å². The van der Waals surface area contributed by atoms with Crippen molar-refractivity contribution in [3.05, 3.63) is 0 Å². The van der Waals surface area contributed by atoms with E-state index in [0.717, 1.165) is 25.4 Å². The van der Waals surface area contributed by atoms with Crippen molar-refractivity contribution >= 4 is 0 Å². The van der Waals surface area contributed by atoms with Crippen LogP contribution in [0.3, 0.4) is 0 Å². The number of aliphatic hydroxyl groups excluding tert-OH is 1. The van der Waals surface area contributed by atoms with E-state index in [0.29, 0.717) is 6.10 Å². The lowest BCUT2D eigenvalue weighted by atomic mass is 9.85. The summed E-state index contributed by atoms with van der Waals surface area (Å²) in [5.41, 5.74) is 0. The van der Waals surface area contributed by atoms with Crippen molar-refractivity contribution in [2.75, 3.05) is 6.61 Å². The smallest absolute Gasteiger partial charge is 0.0838 e. The van der Waals surface area contributed by atoms with Crippen molar-refractivity contribution in [3.8, 4) is 0 Å². The van der Waals surface area contributed by atoms with Crippen LogP contribution < -0.4 is 0 Å². The molecule has 1 aliphatic heterocycles. The molecule has 2 rings (SSSR count). The minimum atomic E-state index is -0.0185. The Balaban J connectivity index is 1.79. The number of epoxide rings is 1. The van der Waals surface area contributed by atoms with Crippen molar-refractivity contribution in [2.24, 2.45) is 5.92 Å². The first-order valence-electron chi connectivity index (χ1n) is 4.16. The number of hydrogen-bond acceptors (Lipinski definition) is 2. The summed E-state index contributed by atoms with van der Waals surface area (Å²) in [6, 6.07) is 0. The van der Waals surface area contributed by atoms with Crippen LogP contribution in [-0.4, -0.2) is 23.9 Å². The maximum atomic E-state index is 9.19. The molecule has 0 amide bonds. The Hall–Kier alpha value is -0.0800. The van der Waals surface area contributed by atoms with Gasteiger partial charge in [-0.15, -0.1) is 0 Å². The molecule has 2 heteroatoms. The second-order valence-electron chi connectivity index (χ2n) is 3.44. The fraction of sp³-hybridized carbons (Fsp3) is 1.00. The third kappa shape index (κ3) is 1.32. The first-order chi connectivity index (χ1) is 4.86. The van der Waals surface area contributed by atoms with Gasteiger partial charge in [-0.3, -0.25) is 0 Å². The molecule has 0 unspecified atom stereocenters. The first-order valence-corrected chi connectivity index (χ1v) is 4.16. The topological polar surface area (TPSA) is 32.8 Å². The molecule has 2 fully saturated rings. The number of ether oxygens (including phenoxy) is 1. The summed E-state index contributed by atoms with van der Waals surface area (Å²) in [4.78, 5) is 0. The van der Waals surface area contributed by atoms with E-state index in [1.54, 1.807) is 0 Å². The molecule has 0 aromatic carbocycles. The monoisotopic (exact) mass is 142 g/mol. The zero-order chi connectivity index (χ0) is 6.97. The van der Waals surface area contributed by atoms with Gasteiger partial charge in [-0.1, -0.05) is 0 Å². The third-order valence-corrected chi connectivity index (χ3v) is 2.63. The molecular weight excluding hydrogens is 128 g/mol. The SMILES string of the molecule is OC1CCC([C@H]2CO2)CC1. The maximum absolute atomic E-state index is 9.19. The molecular formula is C8H14O2. The van der Waals surface area contributed by atoms with Crippen LogP contribution in [0.5, 0.6) is 0 Å². The van der Waals surface area contributed by atoms with E-state index < -0.39 is 0 Å². The molecule has 1 saturated heterocycles. The van der Waals surface area contributed by atoms with Crippen molar-refractivity contribution in [1.29, 1.82) is 0 Å². The Labute approximate surface area is 61.2 Å². The molecule has 0 spiro atoms. The normalized spacial score (nSPS) is 47.1. The van der Waals surface area contributed by atoms with E-state index in [9.17, 15) is 5.11 Å². The summed E-state index contributed by atoms with van der Waals surface area (Å²) < 4.78 is 5.20. The van der Waals surface area contributed by atoms with Gasteiger partial charge in [0.1, 0.15) is 0 Å². The van der Waals surface area contributed by atoms with Gasteiger partial charge in [-0.2, -0.15) is 0 Å². The molecule has 0 bridgehead atoms. The van der Waals surface area contributed by atoms with Crippen LogP contribution in [-0.2, 0) is 4.74 Å². The van der Waals surface area contributed by atoms with Gasteiger partial charge in [0.15, 0.2) is 0 Å². The van der Waals surface area contributed by atoms with Gasteiger partial charge in [-0.05, 0) is 31.6 Å². The summed E-state index contributed by atoms with van der Waals surface area (Å²) in [5.74, 6) is 0.767. The lowest BCUT2D eigenvalue weighted by Gasteiger charge is -2.23. The standard InChI is InChI=1S/C8H14O2/c9-7-3-1-6(2-4-7)8-5-10-8/h6-9H,1-5H2/t6?,7?,8-/m1/s1. The van der Waals surface area contributed by atoms with E-state index >= 15 is 0 Å². The second-order valence-corrected chi connectivity index (χ2v) is 3.44. The maximum Gasteiger partial charge on any atom is 0.0838 e. The molecule has 58 valence electrons. The molecule has 0 aromatic rings. The predicted molar refractivity (Wildman–Crippen MR) is 37.7 cm³/mol. The summed E-state index contributed by atoms with van der Waals surface area (Å²) in [7, 11) is 0. The van der Waals surface area contributed by atoms with Gasteiger partial charge in [-0.25, -0.2) is 0 Å². The largest absolute Gasteiger partial charge is 0.393 e. The van der Waals surface area contributed by atoms with Gasteiger partial charge in [0, 0.05) is 0 Å². The molecule has 0 radical (unpaired) electrons. The highest BCUT2D eigenvalue weighted by molar-refractivity contribution is 4.83. The highest BCUT2D eigenvalue weighted by Crippen LogP contribution is 2.33. The Morgan fingerprint density at radius 2 is 1.70 bits per heavy atom.